The summed E-state index contributed by atoms with van der Waals surface area (Å²) in [5.41, 5.74) is 5.65. The number of rotatable bonds is 9. The van der Waals surface area contributed by atoms with Gasteiger partial charge in [-0.3, -0.25) is 0 Å². The lowest BCUT2D eigenvalue weighted by molar-refractivity contribution is 0.203. The summed E-state index contributed by atoms with van der Waals surface area (Å²) in [6, 6.07) is 15.8. The fourth-order valence-corrected chi connectivity index (χ4v) is 5.74. The number of thioether (sulfide) groups is 2. The number of unbranched alkanes of at least 4 members (excludes halogenated alkanes) is 1. The monoisotopic (exact) mass is 553 g/mol. The molecule has 0 aliphatic heterocycles. The Hall–Kier alpha value is -2.61. The number of fused-ring (bicyclic) bond motifs is 1. The first-order valence-corrected chi connectivity index (χ1v) is 15.1. The number of nitrogens with zero attached hydrogens (tertiary/aromatic N) is 2. The largest absolute Gasteiger partial charge is 0.459 e. The van der Waals surface area contributed by atoms with Crippen molar-refractivity contribution in [3.8, 4) is 11.1 Å². The zero-order valence-electron chi connectivity index (χ0n) is 21.9. The van der Waals surface area contributed by atoms with Crippen LogP contribution in [-0.4, -0.2) is 35.0 Å². The Balaban J connectivity index is 1.74. The normalized spacial score (nSPS) is 11.2. The number of carbonyl (C=O) groups is 1. The predicted molar refractivity (Wildman–Crippen MR) is 158 cm³/mol. The van der Waals surface area contributed by atoms with Gasteiger partial charge in [0.1, 0.15) is 16.4 Å². The SMILES string of the molecule is CCCCN(Cc1oc2ccc(C)cc2c1-c1ccc(Cl)cc1)C(=O)Nc1c(SC)cc(C)nc1SC. The number of hydrogen-bond acceptors (Lipinski definition) is 5. The van der Waals surface area contributed by atoms with E-state index in [1.54, 1.807) is 11.8 Å². The van der Waals surface area contributed by atoms with Crippen LogP contribution in [0.3, 0.4) is 0 Å². The second-order valence-electron chi connectivity index (χ2n) is 8.96. The van der Waals surface area contributed by atoms with E-state index in [0.717, 1.165) is 67.6 Å². The summed E-state index contributed by atoms with van der Waals surface area (Å²) in [7, 11) is 0. The van der Waals surface area contributed by atoms with Gasteiger partial charge in [-0.05, 0) is 68.7 Å². The number of carbonyl (C=O) groups excluding carboxylic acids is 1. The van der Waals surface area contributed by atoms with Crippen molar-refractivity contribution in [1.82, 2.24) is 9.88 Å². The fourth-order valence-electron chi connectivity index (χ4n) is 4.31. The van der Waals surface area contributed by atoms with E-state index in [-0.39, 0.29) is 6.03 Å². The number of furan rings is 1. The number of aromatic nitrogens is 1. The highest BCUT2D eigenvalue weighted by molar-refractivity contribution is 7.99. The summed E-state index contributed by atoms with van der Waals surface area (Å²) in [5, 5.41) is 5.70. The van der Waals surface area contributed by atoms with E-state index < -0.39 is 0 Å². The topological polar surface area (TPSA) is 58.4 Å². The van der Waals surface area contributed by atoms with Gasteiger partial charge in [0.15, 0.2) is 0 Å². The molecule has 0 unspecified atom stereocenters. The Morgan fingerprint density at radius 2 is 1.84 bits per heavy atom. The van der Waals surface area contributed by atoms with Gasteiger partial charge in [-0.2, -0.15) is 0 Å². The molecule has 2 aromatic carbocycles. The van der Waals surface area contributed by atoms with Crippen LogP contribution in [0.15, 0.2) is 62.9 Å². The molecule has 2 heterocycles. The maximum atomic E-state index is 13.7. The summed E-state index contributed by atoms with van der Waals surface area (Å²) in [6.07, 6.45) is 5.86. The number of pyridine rings is 1. The number of benzene rings is 2. The van der Waals surface area contributed by atoms with E-state index in [0.29, 0.717) is 18.1 Å². The first kappa shape index (κ1) is 27.4. The maximum Gasteiger partial charge on any atom is 0.322 e. The van der Waals surface area contributed by atoms with Gasteiger partial charge in [0, 0.05) is 33.1 Å². The van der Waals surface area contributed by atoms with Crippen molar-refractivity contribution in [2.45, 2.75) is 50.1 Å². The molecule has 4 aromatic rings. The maximum absolute atomic E-state index is 13.7. The lowest BCUT2D eigenvalue weighted by Gasteiger charge is -2.24. The van der Waals surface area contributed by atoms with E-state index in [9.17, 15) is 4.79 Å². The third-order valence-electron chi connectivity index (χ3n) is 6.18. The molecule has 0 atom stereocenters. The minimum atomic E-state index is -0.164. The Labute approximate surface area is 232 Å². The molecule has 0 spiro atoms. The van der Waals surface area contributed by atoms with Crippen LogP contribution < -0.4 is 5.32 Å². The van der Waals surface area contributed by atoms with Gasteiger partial charge in [-0.1, -0.05) is 48.7 Å². The molecular formula is C29H32ClN3O2S2. The van der Waals surface area contributed by atoms with Crippen LogP contribution in [-0.2, 0) is 6.54 Å². The summed E-state index contributed by atoms with van der Waals surface area (Å²) in [6.45, 7) is 7.13. The quantitative estimate of drug-likeness (QED) is 0.209. The van der Waals surface area contributed by atoms with Crippen molar-refractivity contribution in [3.63, 3.8) is 0 Å². The van der Waals surface area contributed by atoms with Crippen molar-refractivity contribution < 1.29 is 9.21 Å². The number of nitrogens with one attached hydrogen (secondary N) is 1. The fraction of sp³-hybridized carbons (Fsp3) is 0.310. The molecule has 0 aliphatic rings. The third-order valence-corrected chi connectivity index (χ3v) is 7.87. The highest BCUT2D eigenvalue weighted by atomic mass is 35.5. The molecule has 4 rings (SSSR count). The second-order valence-corrected chi connectivity index (χ2v) is 11.0. The predicted octanol–water partition coefficient (Wildman–Crippen LogP) is 9.04. The molecule has 0 bridgehead atoms. The molecule has 5 nitrogen and oxygen atoms in total. The number of urea groups is 1. The van der Waals surface area contributed by atoms with Gasteiger partial charge < -0.3 is 14.6 Å². The number of amides is 2. The molecule has 194 valence electrons. The highest BCUT2D eigenvalue weighted by Crippen LogP contribution is 2.38. The summed E-state index contributed by atoms with van der Waals surface area (Å²) in [5.74, 6) is 0.756. The van der Waals surface area contributed by atoms with Crippen LogP contribution in [0.1, 0.15) is 36.8 Å². The van der Waals surface area contributed by atoms with Crippen LogP contribution in [0.4, 0.5) is 10.5 Å². The molecule has 0 fully saturated rings. The standard InChI is InChI=1S/C29H32ClN3O2S2/c1-6-7-14-33(29(34)32-27-25(36-4)16-19(3)31-28(27)37-5)17-24-26(20-9-11-21(30)12-10-20)22-15-18(2)8-13-23(22)35-24/h8-13,15-16H,6-7,14,17H2,1-5H3,(H,32,34). The Bertz CT molecular complexity index is 1380. The summed E-state index contributed by atoms with van der Waals surface area (Å²) in [4.78, 5) is 21.2. The molecular weight excluding hydrogens is 522 g/mol. The first-order valence-electron chi connectivity index (χ1n) is 12.3. The van der Waals surface area contributed by atoms with Gasteiger partial charge in [0.05, 0.1) is 12.2 Å². The van der Waals surface area contributed by atoms with Gasteiger partial charge in [-0.15, -0.1) is 23.5 Å². The number of halogens is 1. The van der Waals surface area contributed by atoms with Crippen LogP contribution in [0.2, 0.25) is 5.02 Å². The second kappa shape index (κ2) is 12.3. The average molecular weight is 554 g/mol. The molecule has 0 aliphatic carbocycles. The minimum absolute atomic E-state index is 0.164. The van der Waals surface area contributed by atoms with Crippen molar-refractivity contribution >= 4 is 57.8 Å². The Morgan fingerprint density at radius 3 is 2.51 bits per heavy atom. The van der Waals surface area contributed by atoms with Crippen molar-refractivity contribution in [2.24, 2.45) is 0 Å². The molecule has 0 saturated heterocycles. The molecule has 37 heavy (non-hydrogen) atoms. The molecule has 8 heteroatoms. The lowest BCUT2D eigenvalue weighted by Crippen LogP contribution is -2.35. The minimum Gasteiger partial charge on any atom is -0.459 e. The average Bonchev–Trinajstić information content (AvgIpc) is 3.24. The van der Waals surface area contributed by atoms with Crippen molar-refractivity contribution in [1.29, 1.82) is 0 Å². The number of hydrogen-bond donors (Lipinski definition) is 1. The van der Waals surface area contributed by atoms with Crippen LogP contribution in [0, 0.1) is 13.8 Å². The lowest BCUT2D eigenvalue weighted by atomic mass is 10.0. The highest BCUT2D eigenvalue weighted by Gasteiger charge is 2.23. The zero-order chi connectivity index (χ0) is 26.5. The number of anilines is 1. The van der Waals surface area contributed by atoms with Gasteiger partial charge in [0.2, 0.25) is 0 Å². The van der Waals surface area contributed by atoms with Gasteiger partial charge >= 0.3 is 6.03 Å². The summed E-state index contributed by atoms with van der Waals surface area (Å²) < 4.78 is 6.38. The molecule has 2 aromatic heterocycles. The van der Waals surface area contributed by atoms with Crippen LogP contribution in [0.25, 0.3) is 22.1 Å². The van der Waals surface area contributed by atoms with E-state index in [2.05, 4.69) is 30.2 Å². The van der Waals surface area contributed by atoms with Crippen molar-refractivity contribution in [3.05, 3.63) is 70.6 Å². The molecule has 2 amide bonds. The van der Waals surface area contributed by atoms with E-state index in [1.807, 2.05) is 66.8 Å². The van der Waals surface area contributed by atoms with Crippen molar-refractivity contribution in [2.75, 3.05) is 24.4 Å². The van der Waals surface area contributed by atoms with E-state index in [1.165, 1.54) is 11.8 Å². The van der Waals surface area contributed by atoms with E-state index >= 15 is 0 Å². The third kappa shape index (κ3) is 6.28. The Morgan fingerprint density at radius 1 is 1.08 bits per heavy atom. The van der Waals surface area contributed by atoms with Gasteiger partial charge in [-0.25, -0.2) is 9.78 Å². The van der Waals surface area contributed by atoms with Gasteiger partial charge in [0.25, 0.3) is 0 Å². The molecule has 0 saturated carbocycles. The van der Waals surface area contributed by atoms with E-state index in [4.69, 9.17) is 16.0 Å². The number of aryl methyl sites for hydroxylation is 2. The zero-order valence-corrected chi connectivity index (χ0v) is 24.2. The summed E-state index contributed by atoms with van der Waals surface area (Å²) >= 11 is 9.32. The van der Waals surface area contributed by atoms with Crippen LogP contribution >= 0.6 is 35.1 Å². The molecule has 1 N–H and O–H groups in total. The first-order chi connectivity index (χ1) is 17.8. The molecule has 0 radical (unpaired) electrons. The Kier molecular flexibility index (Phi) is 9.11. The smallest absolute Gasteiger partial charge is 0.322 e. The van der Waals surface area contributed by atoms with Crippen LogP contribution in [0.5, 0.6) is 0 Å².